The van der Waals surface area contributed by atoms with Gasteiger partial charge in [0.25, 0.3) is 0 Å². The molecule has 3 N–H and O–H groups in total. The van der Waals surface area contributed by atoms with E-state index in [0.717, 1.165) is 36.7 Å². The van der Waals surface area contributed by atoms with Crippen molar-refractivity contribution in [2.45, 2.75) is 38.3 Å². The van der Waals surface area contributed by atoms with Crippen LogP contribution in [0, 0.1) is 0 Å². The Morgan fingerprint density at radius 1 is 0.705 bits per heavy atom. The van der Waals surface area contributed by atoms with Crippen LogP contribution >= 0.6 is 20.8 Å². The summed E-state index contributed by atoms with van der Waals surface area (Å²) in [6.07, 6.45) is 6.41. The number of rotatable bonds is 13. The molecule has 0 bridgehead atoms. The smallest absolute Gasteiger partial charge is 0.197 e. The van der Waals surface area contributed by atoms with E-state index in [-0.39, 0.29) is 6.17 Å². The maximum atomic E-state index is 6.06. The van der Waals surface area contributed by atoms with Crippen molar-refractivity contribution in [3.05, 3.63) is 121 Å². The maximum absolute atomic E-state index is 6.06. The van der Waals surface area contributed by atoms with Gasteiger partial charge in [0, 0.05) is 14.1 Å². The molecule has 4 aromatic carbocycles. The second-order valence-corrected chi connectivity index (χ2v) is 20.5. The average Bonchev–Trinajstić information content (AvgIpc) is 3.07. The van der Waals surface area contributed by atoms with E-state index in [4.69, 9.17) is 10.5 Å². The van der Waals surface area contributed by atoms with Crippen LogP contribution in [-0.2, 0) is 0 Å². The van der Waals surface area contributed by atoms with Crippen LogP contribution in [0.3, 0.4) is 0 Å². The summed E-state index contributed by atoms with van der Waals surface area (Å²) in [5.41, 5.74) is 6.94. The number of ether oxygens (including phenoxy) is 1. The molecule has 0 spiro atoms. The van der Waals surface area contributed by atoms with Crippen LogP contribution in [-0.4, -0.2) is 43.7 Å². The van der Waals surface area contributed by atoms with Crippen molar-refractivity contribution < 1.29 is 4.74 Å². The molecule has 4 aromatic rings. The Balaban J connectivity index is 1.15. The minimum Gasteiger partial charge on any atom is -0.370 e. The molecule has 1 unspecified atom stereocenters. The van der Waals surface area contributed by atoms with Gasteiger partial charge in [0.05, 0.1) is 0 Å². The number of benzene rings is 4. The summed E-state index contributed by atoms with van der Waals surface area (Å²) < 4.78 is 6.06. The van der Waals surface area contributed by atoms with Crippen molar-refractivity contribution in [1.29, 1.82) is 0 Å². The quantitative estimate of drug-likeness (QED) is 0.123. The predicted octanol–water partition coefficient (Wildman–Crippen LogP) is 6.69. The van der Waals surface area contributed by atoms with E-state index in [1.807, 2.05) is 43.3 Å². The van der Waals surface area contributed by atoms with E-state index in [9.17, 15) is 0 Å². The minimum atomic E-state index is -2.83. The summed E-state index contributed by atoms with van der Waals surface area (Å²) in [6.45, 7) is 0.705. The first-order chi connectivity index (χ1) is 21.4. The van der Waals surface area contributed by atoms with Crippen LogP contribution in [0.25, 0.3) is 0 Å². The molecule has 1 heterocycles. The van der Waals surface area contributed by atoms with Crippen LogP contribution in [0.2, 0.25) is 0 Å². The fourth-order valence-corrected chi connectivity index (χ4v) is 13.6. The first kappa shape index (κ1) is 31.7. The number of hydrogen-bond donors (Lipinski definition) is 2. The molecule has 0 saturated heterocycles. The van der Waals surface area contributed by atoms with Gasteiger partial charge in [0.2, 0.25) is 5.96 Å². The normalized spacial score (nSPS) is 15.7. The fourth-order valence-electron chi connectivity index (χ4n) is 5.85. The zero-order valence-corrected chi connectivity index (χ0v) is 28.1. The molecule has 1 aliphatic rings. The number of guanidine groups is 2. The number of halogens is 1. The zero-order chi connectivity index (χ0) is 30.9. The molecule has 1 atom stereocenters. The van der Waals surface area contributed by atoms with Crippen LogP contribution in [0.1, 0.15) is 43.8 Å². The molecule has 1 aliphatic heterocycles. The van der Waals surface area contributed by atoms with E-state index < -0.39 is 5.31 Å². The molecule has 0 aliphatic carbocycles. The van der Waals surface area contributed by atoms with Crippen molar-refractivity contribution in [1.82, 2.24) is 10.2 Å². The van der Waals surface area contributed by atoms with Crippen LogP contribution in [0.5, 0.6) is 5.75 Å². The predicted molar refractivity (Wildman–Crippen MR) is 193 cm³/mol. The number of hydrogen-bond acceptors (Lipinski definition) is 6. The molecule has 6 nitrogen and oxygen atoms in total. The van der Waals surface area contributed by atoms with Crippen molar-refractivity contribution in [3.8, 4) is 5.75 Å². The zero-order valence-electron chi connectivity index (χ0n) is 25.6. The van der Waals surface area contributed by atoms with Gasteiger partial charge >= 0.3 is 213 Å². The van der Waals surface area contributed by atoms with Crippen molar-refractivity contribution in [2.24, 2.45) is 15.7 Å². The van der Waals surface area contributed by atoms with Gasteiger partial charge in [-0.1, -0.05) is 0 Å². The van der Waals surface area contributed by atoms with E-state index in [1.165, 1.54) is 28.8 Å². The third kappa shape index (κ3) is 7.00. The minimum absolute atomic E-state index is 0.353. The molecule has 0 aromatic heterocycles. The molecular formula is C36H43BrN5OP. The van der Waals surface area contributed by atoms with E-state index in [0.29, 0.717) is 18.5 Å². The molecule has 5 rings (SSSR count). The van der Waals surface area contributed by atoms with E-state index in [2.05, 4.69) is 122 Å². The Bertz CT molecular complexity index is 1450. The number of aliphatic imine (C=N–C) groups is 2. The molecule has 44 heavy (non-hydrogen) atoms. The second-order valence-electron chi connectivity index (χ2n) is 11.5. The maximum Gasteiger partial charge on any atom is 0.197 e. The summed E-state index contributed by atoms with van der Waals surface area (Å²) in [6, 6.07) is 41.2. The summed E-state index contributed by atoms with van der Waals surface area (Å²) in [5.74, 6) is 1.93. The van der Waals surface area contributed by atoms with Gasteiger partial charge in [-0.15, -0.1) is 0 Å². The number of nitrogens with zero attached hydrogens (tertiary/aromatic N) is 3. The van der Waals surface area contributed by atoms with Gasteiger partial charge in [-0.3, -0.25) is 5.32 Å². The number of nitrogens with one attached hydrogen (secondary N) is 1. The standard InChI is InChI=1S/C36H43BrN5OP/c1-42(2)36-40-34(39-35(38)41-36)29-23-25-30(26-24-29)43-27-15-4-3-5-16-28-44(37,31-17-9-6-10-18-31,32-19-11-7-12-20-32)33-21-13-8-14-22-33/h6-14,17-26,34H,3-5,15-16,27-28H2,1-2H3,(H3,38,39,40,41). The summed E-state index contributed by atoms with van der Waals surface area (Å²) in [4.78, 5) is 10.9. The van der Waals surface area contributed by atoms with Crippen LogP contribution in [0.15, 0.2) is 125 Å². The SMILES string of the molecule is CN(C)C1=NC(c2ccc(OCCCCCCCP(Br)(c3ccccc3)(c3ccccc3)c3ccccc3)cc2)N=C(N)N1. The third-order valence-corrected chi connectivity index (χ3v) is 18.3. The molecule has 230 valence electrons. The van der Waals surface area contributed by atoms with Crippen molar-refractivity contribution >= 4 is 48.6 Å². The summed E-state index contributed by atoms with van der Waals surface area (Å²) in [7, 11) is 3.84. The first-order valence-corrected chi connectivity index (χ1v) is 19.8. The Morgan fingerprint density at radius 3 is 1.73 bits per heavy atom. The molecule has 8 heteroatoms. The molecule has 0 radical (unpaired) electrons. The Hall–Kier alpha value is -3.67. The van der Waals surface area contributed by atoms with Crippen molar-refractivity contribution in [2.75, 3.05) is 26.9 Å². The molecule has 0 amide bonds. The Labute approximate surface area is 270 Å². The second kappa shape index (κ2) is 14.4. The largest absolute Gasteiger partial charge is 0.370 e. The molecule has 0 saturated carbocycles. The van der Waals surface area contributed by atoms with Gasteiger partial charge in [-0.2, -0.15) is 0 Å². The van der Waals surface area contributed by atoms with Gasteiger partial charge < -0.3 is 10.6 Å². The fraction of sp³-hybridized carbons (Fsp3) is 0.278. The van der Waals surface area contributed by atoms with E-state index in [1.54, 1.807) is 0 Å². The number of unbranched alkanes of at least 4 members (excludes halogenated alkanes) is 4. The number of nitrogens with two attached hydrogens (primary N) is 1. The topological polar surface area (TPSA) is 75.2 Å². The van der Waals surface area contributed by atoms with Crippen LogP contribution in [0.4, 0.5) is 0 Å². The van der Waals surface area contributed by atoms with Gasteiger partial charge in [0.15, 0.2) is 12.1 Å². The summed E-state index contributed by atoms with van der Waals surface area (Å²) in [5, 5.41) is 4.31. The average molecular weight is 673 g/mol. The van der Waals surface area contributed by atoms with Gasteiger partial charge in [-0.25, -0.2) is 9.98 Å². The third-order valence-electron chi connectivity index (χ3n) is 8.22. The van der Waals surface area contributed by atoms with Crippen LogP contribution < -0.4 is 31.7 Å². The van der Waals surface area contributed by atoms with E-state index >= 15 is 0 Å². The Kier molecular flexibility index (Phi) is 10.4. The monoisotopic (exact) mass is 671 g/mol. The van der Waals surface area contributed by atoms with Gasteiger partial charge in [-0.05, 0) is 0 Å². The first-order valence-electron chi connectivity index (χ1n) is 15.4. The van der Waals surface area contributed by atoms with Gasteiger partial charge in [0.1, 0.15) is 0 Å². The Morgan fingerprint density at radius 2 is 1.20 bits per heavy atom. The van der Waals surface area contributed by atoms with Crippen molar-refractivity contribution in [3.63, 3.8) is 0 Å². The molecular weight excluding hydrogens is 629 g/mol. The molecule has 0 fully saturated rings. The summed E-state index contributed by atoms with van der Waals surface area (Å²) >= 11 is 4.56.